The van der Waals surface area contributed by atoms with E-state index < -0.39 is 0 Å². The van der Waals surface area contributed by atoms with Crippen molar-refractivity contribution in [3.8, 4) is 0 Å². The Labute approximate surface area is 130 Å². The van der Waals surface area contributed by atoms with Crippen LogP contribution < -0.4 is 0 Å². The average Bonchev–Trinajstić information content (AvgIpc) is 3.21. The Morgan fingerprint density at radius 1 is 1.32 bits per heavy atom. The number of oxazole rings is 1. The Hall–Kier alpha value is -2.17. The van der Waals surface area contributed by atoms with Gasteiger partial charge in [-0.15, -0.1) is 0 Å². The predicted molar refractivity (Wildman–Crippen MR) is 82.3 cm³/mol. The molecule has 1 fully saturated rings. The molecule has 1 aliphatic carbocycles. The molecular weight excluding hydrogens is 278 g/mol. The smallest absolute Gasteiger partial charge is 0.276 e. The third-order valence-corrected chi connectivity index (χ3v) is 3.85. The summed E-state index contributed by atoms with van der Waals surface area (Å²) in [5.41, 5.74) is 0.990. The van der Waals surface area contributed by atoms with Crippen LogP contribution in [0.1, 0.15) is 61.5 Å². The van der Waals surface area contributed by atoms with Crippen molar-refractivity contribution in [3.05, 3.63) is 47.9 Å². The van der Waals surface area contributed by atoms with Crippen LogP contribution in [0, 0.1) is 0 Å². The van der Waals surface area contributed by atoms with Crippen LogP contribution in [0.4, 0.5) is 0 Å². The predicted octanol–water partition coefficient (Wildman–Crippen LogP) is 3.39. The van der Waals surface area contributed by atoms with Crippen LogP contribution in [-0.4, -0.2) is 26.3 Å². The summed E-state index contributed by atoms with van der Waals surface area (Å²) in [5.74, 6) is 1.01. The van der Waals surface area contributed by atoms with Crippen LogP contribution in [0.5, 0.6) is 0 Å². The number of amides is 1. The lowest BCUT2D eigenvalue weighted by Crippen LogP contribution is -2.45. The molecule has 1 amide bonds. The van der Waals surface area contributed by atoms with Crippen LogP contribution in [0.15, 0.2) is 35.2 Å². The van der Waals surface area contributed by atoms with E-state index in [4.69, 9.17) is 4.42 Å². The first kappa shape index (κ1) is 14.8. The summed E-state index contributed by atoms with van der Waals surface area (Å²) < 4.78 is 5.45. The highest BCUT2D eigenvalue weighted by Crippen LogP contribution is 2.42. The number of carbonyl (C=O) groups excluding carboxylic acids is 1. The van der Waals surface area contributed by atoms with Crippen LogP contribution in [-0.2, 0) is 6.54 Å². The van der Waals surface area contributed by atoms with Crippen molar-refractivity contribution in [2.24, 2.45) is 0 Å². The summed E-state index contributed by atoms with van der Waals surface area (Å²) in [4.78, 5) is 23.3. The lowest BCUT2D eigenvalue weighted by atomic mass is 10.0. The molecule has 0 radical (unpaired) electrons. The highest BCUT2D eigenvalue weighted by atomic mass is 16.3. The molecule has 2 aromatic heterocycles. The maximum Gasteiger partial charge on any atom is 0.276 e. The summed E-state index contributed by atoms with van der Waals surface area (Å²) in [6.07, 6.45) is 5.27. The van der Waals surface area contributed by atoms with E-state index in [2.05, 4.69) is 9.97 Å². The Kier molecular flexibility index (Phi) is 3.72. The van der Waals surface area contributed by atoms with Crippen molar-refractivity contribution < 1.29 is 9.21 Å². The van der Waals surface area contributed by atoms with Gasteiger partial charge in [-0.25, -0.2) is 4.98 Å². The second-order valence-electron chi connectivity index (χ2n) is 6.72. The number of aromatic nitrogens is 2. The fourth-order valence-electron chi connectivity index (χ4n) is 2.45. The molecular formula is C17H21N3O2. The van der Waals surface area contributed by atoms with Crippen molar-refractivity contribution in [1.29, 1.82) is 0 Å². The quantitative estimate of drug-likeness (QED) is 0.868. The highest BCUT2D eigenvalue weighted by molar-refractivity contribution is 5.94. The first-order valence-corrected chi connectivity index (χ1v) is 7.62. The molecule has 2 heterocycles. The van der Waals surface area contributed by atoms with E-state index in [-0.39, 0.29) is 11.4 Å². The fraction of sp³-hybridized carbons (Fsp3) is 0.471. The van der Waals surface area contributed by atoms with E-state index in [0.29, 0.717) is 18.2 Å². The highest BCUT2D eigenvalue weighted by Gasteiger charge is 2.36. The molecule has 116 valence electrons. The van der Waals surface area contributed by atoms with Crippen LogP contribution in [0.2, 0.25) is 0 Å². The van der Waals surface area contributed by atoms with Gasteiger partial charge in [-0.2, -0.15) is 0 Å². The molecule has 0 aromatic carbocycles. The van der Waals surface area contributed by atoms with Crippen molar-refractivity contribution in [2.45, 2.75) is 51.6 Å². The summed E-state index contributed by atoms with van der Waals surface area (Å²) in [6.45, 7) is 6.51. The van der Waals surface area contributed by atoms with Crippen LogP contribution in [0.25, 0.3) is 0 Å². The van der Waals surface area contributed by atoms with Gasteiger partial charge in [-0.1, -0.05) is 6.07 Å². The van der Waals surface area contributed by atoms with Crippen molar-refractivity contribution >= 4 is 5.91 Å². The topological polar surface area (TPSA) is 59.2 Å². The van der Waals surface area contributed by atoms with Gasteiger partial charge in [0.1, 0.15) is 5.76 Å². The molecule has 0 unspecified atom stereocenters. The number of hydrogen-bond acceptors (Lipinski definition) is 4. The molecule has 1 aliphatic rings. The maximum atomic E-state index is 13.0. The Bertz CT molecular complexity index is 654. The minimum absolute atomic E-state index is 0.0891. The molecule has 3 rings (SSSR count). The van der Waals surface area contributed by atoms with Crippen molar-refractivity contribution in [3.63, 3.8) is 0 Å². The van der Waals surface area contributed by atoms with Crippen LogP contribution in [0.3, 0.4) is 0 Å². The SMILES string of the molecule is CC(C)(C)N(Cc1ccccn1)C(=O)c1ncoc1C1CC1. The second kappa shape index (κ2) is 5.55. The lowest BCUT2D eigenvalue weighted by Gasteiger charge is -2.35. The van der Waals surface area contributed by atoms with Gasteiger partial charge in [0.25, 0.3) is 5.91 Å². The van der Waals surface area contributed by atoms with Gasteiger partial charge < -0.3 is 9.32 Å². The monoisotopic (exact) mass is 299 g/mol. The molecule has 5 nitrogen and oxygen atoms in total. The number of hydrogen-bond donors (Lipinski definition) is 0. The minimum Gasteiger partial charge on any atom is -0.447 e. The van der Waals surface area contributed by atoms with Gasteiger partial charge in [-0.05, 0) is 45.7 Å². The molecule has 0 spiro atoms. The van der Waals surface area contributed by atoms with E-state index >= 15 is 0 Å². The van der Waals surface area contributed by atoms with Gasteiger partial charge in [0.15, 0.2) is 12.1 Å². The van der Waals surface area contributed by atoms with E-state index in [1.165, 1.54) is 6.39 Å². The van der Waals surface area contributed by atoms with E-state index in [9.17, 15) is 4.79 Å². The number of rotatable bonds is 4. The van der Waals surface area contributed by atoms with E-state index in [1.807, 2.05) is 39.0 Å². The number of pyridine rings is 1. The third-order valence-electron chi connectivity index (χ3n) is 3.85. The van der Waals surface area contributed by atoms with Gasteiger partial charge in [0.2, 0.25) is 0 Å². The number of nitrogens with zero attached hydrogens (tertiary/aromatic N) is 3. The molecule has 0 bridgehead atoms. The standard InChI is InChI=1S/C17H21N3O2/c1-17(2,3)20(10-13-6-4-5-9-18-13)16(21)14-15(12-7-8-12)22-11-19-14/h4-6,9,11-12H,7-8,10H2,1-3H3. The normalized spacial score (nSPS) is 14.9. The molecule has 0 N–H and O–H groups in total. The van der Waals surface area contributed by atoms with Crippen molar-refractivity contribution in [2.75, 3.05) is 0 Å². The molecule has 1 saturated carbocycles. The summed E-state index contributed by atoms with van der Waals surface area (Å²) >= 11 is 0. The van der Waals surface area contributed by atoms with E-state index in [1.54, 1.807) is 11.1 Å². The van der Waals surface area contributed by atoms with Crippen molar-refractivity contribution in [1.82, 2.24) is 14.9 Å². The largest absolute Gasteiger partial charge is 0.447 e. The van der Waals surface area contributed by atoms with Gasteiger partial charge >= 0.3 is 0 Å². The summed E-state index contributed by atoms with van der Waals surface area (Å²) in [5, 5.41) is 0. The Morgan fingerprint density at radius 2 is 2.09 bits per heavy atom. The van der Waals surface area contributed by atoms with Gasteiger partial charge in [0.05, 0.1) is 12.2 Å². The first-order valence-electron chi connectivity index (χ1n) is 7.62. The molecule has 0 aliphatic heterocycles. The third kappa shape index (κ3) is 3.03. The Morgan fingerprint density at radius 3 is 2.68 bits per heavy atom. The molecule has 22 heavy (non-hydrogen) atoms. The maximum absolute atomic E-state index is 13.0. The molecule has 0 atom stereocenters. The zero-order chi connectivity index (χ0) is 15.7. The number of carbonyl (C=O) groups is 1. The van der Waals surface area contributed by atoms with Gasteiger partial charge in [0, 0.05) is 17.7 Å². The summed E-state index contributed by atoms with van der Waals surface area (Å²) in [7, 11) is 0. The first-order chi connectivity index (χ1) is 10.5. The molecule has 5 heteroatoms. The second-order valence-corrected chi connectivity index (χ2v) is 6.72. The van der Waals surface area contributed by atoms with Crippen LogP contribution >= 0.6 is 0 Å². The van der Waals surface area contributed by atoms with E-state index in [0.717, 1.165) is 24.3 Å². The minimum atomic E-state index is -0.325. The molecule has 0 saturated heterocycles. The Balaban J connectivity index is 1.88. The van der Waals surface area contributed by atoms with Gasteiger partial charge in [-0.3, -0.25) is 9.78 Å². The zero-order valence-electron chi connectivity index (χ0n) is 13.2. The zero-order valence-corrected chi connectivity index (χ0v) is 13.2. The fourth-order valence-corrected chi connectivity index (χ4v) is 2.45. The lowest BCUT2D eigenvalue weighted by molar-refractivity contribution is 0.0547. The molecule has 2 aromatic rings. The summed E-state index contributed by atoms with van der Waals surface area (Å²) in [6, 6.07) is 5.73. The average molecular weight is 299 g/mol.